The quantitative estimate of drug-likeness (QED) is 0.910. The number of likely N-dealkylation sites (N-methyl/N-ethyl adjacent to an activating group) is 1. The predicted octanol–water partition coefficient (Wildman–Crippen LogP) is 3.46. The predicted molar refractivity (Wildman–Crippen MR) is 102 cm³/mol. The standard InChI is InChI=1S/C21H29N3O/c1-14-9-10-19-18(12-14)16-7-4-8-17(20(16)22-19)21(25)24-11-5-6-15(13-24)23(2)3/h4,7-8,14-15,22H,5-6,9-13H2,1-3H3. The molecule has 25 heavy (non-hydrogen) atoms. The maximum absolute atomic E-state index is 13.2. The van der Waals surface area contributed by atoms with Crippen LogP contribution in [0.1, 0.15) is 47.8 Å². The first kappa shape index (κ1) is 16.6. The fourth-order valence-corrected chi connectivity index (χ4v) is 4.52. The van der Waals surface area contributed by atoms with Crippen LogP contribution < -0.4 is 0 Å². The first-order chi connectivity index (χ1) is 12.0. The summed E-state index contributed by atoms with van der Waals surface area (Å²) in [5, 5.41) is 1.26. The number of benzene rings is 1. The number of likely N-dealkylation sites (tertiary alicyclic amines) is 1. The Kier molecular flexibility index (Phi) is 4.32. The Bertz CT molecular complexity index is 792. The molecule has 0 spiro atoms. The van der Waals surface area contributed by atoms with Crippen molar-refractivity contribution in [1.82, 2.24) is 14.8 Å². The summed E-state index contributed by atoms with van der Waals surface area (Å²) in [6, 6.07) is 6.69. The van der Waals surface area contributed by atoms with Crippen molar-refractivity contribution in [1.29, 1.82) is 0 Å². The number of fused-ring (bicyclic) bond motifs is 3. The molecule has 1 saturated heterocycles. The molecule has 2 heterocycles. The molecule has 1 N–H and O–H groups in total. The second-order valence-electron chi connectivity index (χ2n) is 8.17. The lowest BCUT2D eigenvalue weighted by molar-refractivity contribution is 0.0637. The van der Waals surface area contributed by atoms with Gasteiger partial charge in [-0.1, -0.05) is 19.1 Å². The van der Waals surface area contributed by atoms with Gasteiger partial charge in [0, 0.05) is 30.2 Å². The smallest absolute Gasteiger partial charge is 0.256 e. The number of aryl methyl sites for hydroxylation is 1. The average Bonchev–Trinajstić information content (AvgIpc) is 2.99. The normalized spacial score (nSPS) is 23.9. The van der Waals surface area contributed by atoms with Gasteiger partial charge < -0.3 is 14.8 Å². The van der Waals surface area contributed by atoms with E-state index in [1.165, 1.54) is 29.5 Å². The van der Waals surface area contributed by atoms with Crippen molar-refractivity contribution in [3.63, 3.8) is 0 Å². The molecule has 2 unspecified atom stereocenters. The molecule has 2 atom stereocenters. The largest absolute Gasteiger partial charge is 0.358 e. The van der Waals surface area contributed by atoms with Crippen LogP contribution in [0.25, 0.3) is 10.9 Å². The SMILES string of the molecule is CC1CCc2[nH]c3c(C(=O)N4CCCC(N(C)C)C4)cccc3c2C1. The molecule has 1 amide bonds. The van der Waals surface area contributed by atoms with Crippen LogP contribution in [0, 0.1) is 5.92 Å². The van der Waals surface area contributed by atoms with Crippen LogP contribution in [0.15, 0.2) is 18.2 Å². The summed E-state index contributed by atoms with van der Waals surface area (Å²) < 4.78 is 0. The van der Waals surface area contributed by atoms with Gasteiger partial charge in [0.2, 0.25) is 0 Å². The van der Waals surface area contributed by atoms with Crippen LogP contribution in [0.2, 0.25) is 0 Å². The number of para-hydroxylation sites is 1. The average molecular weight is 339 g/mol. The molecular weight excluding hydrogens is 310 g/mol. The van der Waals surface area contributed by atoms with Gasteiger partial charge in [-0.25, -0.2) is 0 Å². The van der Waals surface area contributed by atoms with E-state index in [2.05, 4.69) is 43.0 Å². The fraction of sp³-hybridized carbons (Fsp3) is 0.571. The number of aromatic amines is 1. The Balaban J connectivity index is 1.68. The minimum absolute atomic E-state index is 0.184. The van der Waals surface area contributed by atoms with Gasteiger partial charge in [0.05, 0.1) is 11.1 Å². The van der Waals surface area contributed by atoms with Crippen LogP contribution in [0.4, 0.5) is 0 Å². The molecule has 1 aliphatic heterocycles. The van der Waals surface area contributed by atoms with E-state index in [9.17, 15) is 4.79 Å². The summed E-state index contributed by atoms with van der Waals surface area (Å²) in [5.74, 6) is 0.914. The number of carbonyl (C=O) groups is 1. The van der Waals surface area contributed by atoms with Crippen molar-refractivity contribution in [3.8, 4) is 0 Å². The zero-order chi connectivity index (χ0) is 17.6. The van der Waals surface area contributed by atoms with Gasteiger partial charge in [0.25, 0.3) is 5.91 Å². The molecule has 134 valence electrons. The van der Waals surface area contributed by atoms with Crippen LogP contribution in [0.5, 0.6) is 0 Å². The van der Waals surface area contributed by atoms with Crippen molar-refractivity contribution in [2.45, 2.75) is 45.1 Å². The second-order valence-corrected chi connectivity index (χ2v) is 8.17. The number of nitrogens with one attached hydrogen (secondary N) is 1. The number of piperidine rings is 1. The van der Waals surface area contributed by atoms with Gasteiger partial charge in [-0.2, -0.15) is 0 Å². The first-order valence-electron chi connectivity index (χ1n) is 9.62. The van der Waals surface area contributed by atoms with Gasteiger partial charge in [-0.15, -0.1) is 0 Å². The Morgan fingerprint density at radius 2 is 2.12 bits per heavy atom. The summed E-state index contributed by atoms with van der Waals surface area (Å²) in [5.41, 5.74) is 4.68. The highest BCUT2D eigenvalue weighted by Gasteiger charge is 2.28. The van der Waals surface area contributed by atoms with Gasteiger partial charge in [-0.05, 0) is 63.7 Å². The number of carbonyl (C=O) groups excluding carboxylic acids is 1. The molecule has 2 aromatic rings. The van der Waals surface area contributed by atoms with Crippen LogP contribution in [0.3, 0.4) is 0 Å². The second kappa shape index (κ2) is 6.49. The number of H-pyrrole nitrogens is 1. The zero-order valence-corrected chi connectivity index (χ0v) is 15.6. The van der Waals surface area contributed by atoms with Crippen molar-refractivity contribution < 1.29 is 4.79 Å². The van der Waals surface area contributed by atoms with Crippen molar-refractivity contribution in [3.05, 3.63) is 35.0 Å². The molecule has 0 saturated carbocycles. The fourth-order valence-electron chi connectivity index (χ4n) is 4.52. The van der Waals surface area contributed by atoms with Crippen LogP contribution in [-0.4, -0.2) is 53.9 Å². The number of nitrogens with zero attached hydrogens (tertiary/aromatic N) is 2. The molecule has 1 fully saturated rings. The molecule has 1 aliphatic carbocycles. The lowest BCUT2D eigenvalue weighted by Crippen LogP contribution is -2.47. The highest BCUT2D eigenvalue weighted by atomic mass is 16.2. The minimum Gasteiger partial charge on any atom is -0.358 e. The number of hydrogen-bond acceptors (Lipinski definition) is 2. The molecule has 4 rings (SSSR count). The Morgan fingerprint density at radius 3 is 2.92 bits per heavy atom. The van der Waals surface area contributed by atoms with E-state index in [0.29, 0.717) is 6.04 Å². The summed E-state index contributed by atoms with van der Waals surface area (Å²) in [6.45, 7) is 4.03. The summed E-state index contributed by atoms with van der Waals surface area (Å²) in [7, 11) is 4.22. The third-order valence-electron chi connectivity index (χ3n) is 6.11. The number of aromatic nitrogens is 1. The molecule has 1 aromatic heterocycles. The molecule has 4 heteroatoms. The molecule has 2 aliphatic rings. The third kappa shape index (κ3) is 2.97. The molecular formula is C21H29N3O. The summed E-state index contributed by atoms with van der Waals surface area (Å²) in [6.07, 6.45) is 5.73. The van der Waals surface area contributed by atoms with E-state index in [0.717, 1.165) is 49.4 Å². The van der Waals surface area contributed by atoms with Crippen LogP contribution >= 0.6 is 0 Å². The molecule has 0 bridgehead atoms. The lowest BCUT2D eigenvalue weighted by Gasteiger charge is -2.36. The maximum Gasteiger partial charge on any atom is 0.256 e. The molecule has 1 aromatic carbocycles. The van der Waals surface area contributed by atoms with E-state index < -0.39 is 0 Å². The monoisotopic (exact) mass is 339 g/mol. The van der Waals surface area contributed by atoms with E-state index in [-0.39, 0.29) is 5.91 Å². The Morgan fingerprint density at radius 1 is 1.28 bits per heavy atom. The van der Waals surface area contributed by atoms with E-state index in [1.54, 1.807) is 0 Å². The highest BCUT2D eigenvalue weighted by Crippen LogP contribution is 2.33. The van der Waals surface area contributed by atoms with E-state index >= 15 is 0 Å². The molecule has 4 nitrogen and oxygen atoms in total. The van der Waals surface area contributed by atoms with Gasteiger partial charge >= 0.3 is 0 Å². The summed E-state index contributed by atoms with van der Waals surface area (Å²) >= 11 is 0. The van der Waals surface area contributed by atoms with Gasteiger partial charge in [0.1, 0.15) is 0 Å². The number of hydrogen-bond donors (Lipinski definition) is 1. The van der Waals surface area contributed by atoms with Gasteiger partial charge in [0.15, 0.2) is 0 Å². The third-order valence-corrected chi connectivity index (χ3v) is 6.11. The maximum atomic E-state index is 13.2. The molecule has 0 radical (unpaired) electrons. The Labute approximate surface area is 150 Å². The minimum atomic E-state index is 0.184. The van der Waals surface area contributed by atoms with E-state index in [4.69, 9.17) is 0 Å². The zero-order valence-electron chi connectivity index (χ0n) is 15.6. The Hall–Kier alpha value is -1.81. The topological polar surface area (TPSA) is 39.3 Å². The van der Waals surface area contributed by atoms with Crippen molar-refractivity contribution in [2.24, 2.45) is 5.92 Å². The summed E-state index contributed by atoms with van der Waals surface area (Å²) in [4.78, 5) is 21.1. The van der Waals surface area contributed by atoms with Gasteiger partial charge in [-0.3, -0.25) is 4.79 Å². The van der Waals surface area contributed by atoms with Crippen molar-refractivity contribution in [2.75, 3.05) is 27.2 Å². The first-order valence-corrected chi connectivity index (χ1v) is 9.62. The highest BCUT2D eigenvalue weighted by molar-refractivity contribution is 6.06. The van der Waals surface area contributed by atoms with Crippen molar-refractivity contribution >= 4 is 16.8 Å². The lowest BCUT2D eigenvalue weighted by atomic mass is 9.87. The number of rotatable bonds is 2. The number of amides is 1. The van der Waals surface area contributed by atoms with E-state index in [1.807, 2.05) is 11.0 Å². The van der Waals surface area contributed by atoms with Crippen LogP contribution in [-0.2, 0) is 12.8 Å².